The van der Waals surface area contributed by atoms with E-state index in [0.29, 0.717) is 0 Å². The number of carbonyl (C=O) groups is 1. The second-order valence-electron chi connectivity index (χ2n) is 5.51. The molecule has 132 valence electrons. The molecular weight excluding hydrogens is 348 g/mol. The van der Waals surface area contributed by atoms with Crippen LogP contribution in [0.3, 0.4) is 0 Å². The third-order valence-electron chi connectivity index (χ3n) is 3.54. The van der Waals surface area contributed by atoms with Crippen LogP contribution in [-0.2, 0) is 9.84 Å². The first-order valence-electron chi connectivity index (χ1n) is 7.34. The Kier molecular flexibility index (Phi) is 5.69. The predicted molar refractivity (Wildman–Crippen MR) is 93.8 cm³/mol. The predicted octanol–water partition coefficient (Wildman–Crippen LogP) is 3.65. The van der Waals surface area contributed by atoms with Crippen LogP contribution in [0.5, 0.6) is 0 Å². The van der Waals surface area contributed by atoms with Gasteiger partial charge < -0.3 is 4.90 Å². The number of hydrogen-bond donors (Lipinski definition) is 0. The Hall–Kier alpha value is -2.54. The van der Waals surface area contributed by atoms with Crippen LogP contribution >= 0.6 is 0 Å². The molecule has 0 saturated carbocycles. The van der Waals surface area contributed by atoms with Gasteiger partial charge in [0.25, 0.3) is 0 Å². The minimum atomic E-state index is -4.65. The van der Waals surface area contributed by atoms with Crippen LogP contribution in [0.1, 0.15) is 15.9 Å². The van der Waals surface area contributed by atoms with E-state index in [0.717, 1.165) is 23.4 Å². The van der Waals surface area contributed by atoms with Crippen molar-refractivity contribution in [3.63, 3.8) is 0 Å². The molecule has 0 N–H and O–H groups in total. The quantitative estimate of drug-likeness (QED) is 0.579. The molecule has 2 aromatic rings. The zero-order chi connectivity index (χ0) is 18.6. The molecule has 25 heavy (non-hydrogen) atoms. The van der Waals surface area contributed by atoms with Gasteiger partial charge in [-0.2, -0.15) is 8.78 Å². The van der Waals surface area contributed by atoms with Gasteiger partial charge in [0.1, 0.15) is 0 Å². The minimum Gasteiger partial charge on any atom is -0.378 e. The van der Waals surface area contributed by atoms with Crippen molar-refractivity contribution >= 4 is 27.4 Å². The molecule has 0 unspecified atom stereocenters. The summed E-state index contributed by atoms with van der Waals surface area (Å²) in [5.41, 5.74) is 2.07. The van der Waals surface area contributed by atoms with Crippen LogP contribution < -0.4 is 4.90 Å². The number of nitrogens with zero attached hydrogens (tertiary/aromatic N) is 1. The summed E-state index contributed by atoms with van der Waals surface area (Å²) in [6, 6.07) is 12.0. The summed E-state index contributed by atoms with van der Waals surface area (Å²) in [7, 11) is -0.807. The van der Waals surface area contributed by atoms with E-state index in [2.05, 4.69) is 0 Å². The van der Waals surface area contributed by atoms with E-state index in [1.807, 2.05) is 43.3 Å². The molecular formula is C18H17F2NO3S. The Bertz CT molecular complexity index is 872. The van der Waals surface area contributed by atoms with E-state index in [1.165, 1.54) is 18.2 Å². The molecule has 7 heteroatoms. The first kappa shape index (κ1) is 18.8. The number of ketones is 1. The summed E-state index contributed by atoms with van der Waals surface area (Å²) in [6.07, 6.45) is 2.98. The maximum absolute atomic E-state index is 12.5. The number of hydrogen-bond acceptors (Lipinski definition) is 4. The van der Waals surface area contributed by atoms with Gasteiger partial charge in [0.15, 0.2) is 5.78 Å². The normalized spacial score (nSPS) is 11.9. The number of halogens is 2. The van der Waals surface area contributed by atoms with Crippen LogP contribution in [0, 0.1) is 0 Å². The fourth-order valence-corrected chi connectivity index (χ4v) is 2.78. The van der Waals surface area contributed by atoms with Gasteiger partial charge in [0.05, 0.1) is 4.90 Å². The van der Waals surface area contributed by atoms with E-state index >= 15 is 0 Å². The SMILES string of the molecule is CN(C)c1ccc(/C=C/C(=O)c2ccc(S(=O)(=O)C(F)F)cc2)cc1. The Morgan fingerprint density at radius 3 is 2.04 bits per heavy atom. The molecule has 2 aromatic carbocycles. The molecule has 0 atom stereocenters. The summed E-state index contributed by atoms with van der Waals surface area (Å²) in [5.74, 6) is -3.84. The molecule has 0 heterocycles. The fraction of sp³-hybridized carbons (Fsp3) is 0.167. The fourth-order valence-electron chi connectivity index (χ4n) is 2.06. The lowest BCUT2D eigenvalue weighted by Gasteiger charge is -2.11. The lowest BCUT2D eigenvalue weighted by molar-refractivity contribution is 0.104. The van der Waals surface area contributed by atoms with E-state index < -0.39 is 20.5 Å². The summed E-state index contributed by atoms with van der Waals surface area (Å²) < 4.78 is 47.6. The second-order valence-corrected chi connectivity index (χ2v) is 7.43. The molecule has 0 aliphatic rings. The van der Waals surface area contributed by atoms with Crippen molar-refractivity contribution in [2.24, 2.45) is 0 Å². The Morgan fingerprint density at radius 2 is 1.56 bits per heavy atom. The maximum atomic E-state index is 12.5. The summed E-state index contributed by atoms with van der Waals surface area (Å²) >= 11 is 0. The highest BCUT2D eigenvalue weighted by molar-refractivity contribution is 7.91. The van der Waals surface area contributed by atoms with Gasteiger partial charge >= 0.3 is 5.76 Å². The second kappa shape index (κ2) is 7.57. The van der Waals surface area contributed by atoms with Crippen molar-refractivity contribution in [1.29, 1.82) is 0 Å². The Morgan fingerprint density at radius 1 is 1.00 bits per heavy atom. The molecule has 0 radical (unpaired) electrons. The summed E-state index contributed by atoms with van der Waals surface area (Å²) in [5, 5.41) is 0. The van der Waals surface area contributed by atoms with Crippen molar-refractivity contribution in [2.45, 2.75) is 10.7 Å². The van der Waals surface area contributed by atoms with Gasteiger partial charge in [-0.05, 0) is 48.0 Å². The third-order valence-corrected chi connectivity index (χ3v) is 4.94. The van der Waals surface area contributed by atoms with Gasteiger partial charge in [-0.25, -0.2) is 8.42 Å². The Labute approximate surface area is 145 Å². The van der Waals surface area contributed by atoms with Gasteiger partial charge in [0, 0.05) is 25.3 Å². The molecule has 0 aromatic heterocycles. The smallest absolute Gasteiger partial charge is 0.341 e. The van der Waals surface area contributed by atoms with E-state index in [-0.39, 0.29) is 11.3 Å². The van der Waals surface area contributed by atoms with E-state index in [4.69, 9.17) is 0 Å². The number of sulfone groups is 1. The largest absolute Gasteiger partial charge is 0.378 e. The monoisotopic (exact) mass is 365 g/mol. The van der Waals surface area contributed by atoms with Crippen LogP contribution in [0.4, 0.5) is 14.5 Å². The first-order valence-corrected chi connectivity index (χ1v) is 8.88. The number of rotatable bonds is 6. The van der Waals surface area contributed by atoms with Crippen molar-refractivity contribution in [1.82, 2.24) is 0 Å². The van der Waals surface area contributed by atoms with Gasteiger partial charge in [-0.3, -0.25) is 4.79 Å². The number of carbonyl (C=O) groups excluding carboxylic acids is 1. The number of alkyl halides is 2. The van der Waals surface area contributed by atoms with Crippen molar-refractivity contribution in [3.8, 4) is 0 Å². The average molecular weight is 365 g/mol. The molecule has 4 nitrogen and oxygen atoms in total. The highest BCUT2D eigenvalue weighted by Crippen LogP contribution is 2.19. The minimum absolute atomic E-state index is 0.217. The average Bonchev–Trinajstić information content (AvgIpc) is 2.60. The number of benzene rings is 2. The standard InChI is InChI=1S/C18H17F2NO3S/c1-21(2)15-8-3-13(4-9-15)5-12-17(22)14-6-10-16(11-7-14)25(23,24)18(19)20/h3-12,18H,1-2H3/b12-5+. The highest BCUT2D eigenvalue weighted by atomic mass is 32.2. The maximum Gasteiger partial charge on any atom is 0.341 e. The van der Waals surface area contributed by atoms with E-state index in [9.17, 15) is 22.0 Å². The molecule has 0 amide bonds. The molecule has 0 aliphatic heterocycles. The van der Waals surface area contributed by atoms with Crippen LogP contribution in [0.25, 0.3) is 6.08 Å². The van der Waals surface area contributed by atoms with Crippen LogP contribution in [0.2, 0.25) is 0 Å². The van der Waals surface area contributed by atoms with Crippen molar-refractivity contribution < 1.29 is 22.0 Å². The molecule has 0 spiro atoms. The zero-order valence-electron chi connectivity index (χ0n) is 13.7. The summed E-state index contributed by atoms with van der Waals surface area (Å²) in [6.45, 7) is 0. The Balaban J connectivity index is 2.13. The van der Waals surface area contributed by atoms with Gasteiger partial charge in [-0.1, -0.05) is 18.2 Å². The molecule has 0 aliphatic carbocycles. The lowest BCUT2D eigenvalue weighted by Crippen LogP contribution is -2.11. The third kappa shape index (κ3) is 4.51. The van der Waals surface area contributed by atoms with Crippen molar-refractivity contribution in [3.05, 3.63) is 65.7 Å². The molecule has 0 saturated heterocycles. The van der Waals surface area contributed by atoms with Crippen LogP contribution in [-0.4, -0.2) is 34.1 Å². The first-order chi connectivity index (χ1) is 11.7. The summed E-state index contributed by atoms with van der Waals surface area (Å²) in [4.78, 5) is 13.5. The van der Waals surface area contributed by atoms with Crippen LogP contribution in [0.15, 0.2) is 59.5 Å². The van der Waals surface area contributed by atoms with Gasteiger partial charge in [0.2, 0.25) is 9.84 Å². The van der Waals surface area contributed by atoms with Gasteiger partial charge in [-0.15, -0.1) is 0 Å². The highest BCUT2D eigenvalue weighted by Gasteiger charge is 2.26. The molecule has 0 bridgehead atoms. The van der Waals surface area contributed by atoms with Crippen molar-refractivity contribution in [2.75, 3.05) is 19.0 Å². The number of anilines is 1. The zero-order valence-corrected chi connectivity index (χ0v) is 14.5. The molecule has 2 rings (SSSR count). The number of allylic oxidation sites excluding steroid dienone is 1. The lowest BCUT2D eigenvalue weighted by atomic mass is 10.1. The topological polar surface area (TPSA) is 54.5 Å². The van der Waals surface area contributed by atoms with E-state index in [1.54, 1.807) is 6.08 Å². The molecule has 0 fully saturated rings.